The number of nitrogens with zero attached hydrogens (tertiary/aromatic N) is 2. The van der Waals surface area contributed by atoms with Crippen LogP contribution in [0, 0.1) is 12.8 Å². The molecule has 1 aromatic carbocycles. The summed E-state index contributed by atoms with van der Waals surface area (Å²) < 4.78 is 5.34. The summed E-state index contributed by atoms with van der Waals surface area (Å²) in [4.78, 5) is 29.7. The number of hydrogen-bond acceptors (Lipinski definition) is 5. The maximum absolute atomic E-state index is 12.6. The number of aryl methyl sites for hydroxylation is 1. The Balaban J connectivity index is 1.48. The van der Waals surface area contributed by atoms with Crippen LogP contribution >= 0.6 is 0 Å². The molecule has 172 valence electrons. The van der Waals surface area contributed by atoms with Crippen molar-refractivity contribution in [1.29, 1.82) is 0 Å². The van der Waals surface area contributed by atoms with E-state index in [4.69, 9.17) is 4.74 Å². The number of methoxy groups -OCH3 is 1. The molecule has 2 N–H and O–H groups in total. The van der Waals surface area contributed by atoms with Crippen LogP contribution < -0.4 is 15.4 Å². The monoisotopic (exact) mass is 430 g/mol. The van der Waals surface area contributed by atoms with Gasteiger partial charge in [0.25, 0.3) is 0 Å². The van der Waals surface area contributed by atoms with E-state index < -0.39 is 6.04 Å². The highest BCUT2D eigenvalue weighted by Crippen LogP contribution is 2.22. The van der Waals surface area contributed by atoms with Crippen molar-refractivity contribution in [3.8, 4) is 5.75 Å². The highest BCUT2D eigenvalue weighted by atomic mass is 16.5. The molecule has 0 radical (unpaired) electrons. The minimum Gasteiger partial charge on any atom is -0.496 e. The molecule has 1 aromatic rings. The Kier molecular flexibility index (Phi) is 8.72. The second kappa shape index (κ2) is 11.5. The Bertz CT molecular complexity index is 746. The van der Waals surface area contributed by atoms with Gasteiger partial charge in [0.2, 0.25) is 11.8 Å². The third-order valence-corrected chi connectivity index (χ3v) is 6.69. The van der Waals surface area contributed by atoms with Crippen LogP contribution in [-0.2, 0) is 16.1 Å². The number of piperidine rings is 1. The van der Waals surface area contributed by atoms with Crippen LogP contribution in [-0.4, -0.2) is 74.0 Å². The number of hydrogen-bond donors (Lipinski definition) is 2. The van der Waals surface area contributed by atoms with Crippen molar-refractivity contribution in [3.05, 3.63) is 29.3 Å². The first-order chi connectivity index (χ1) is 15.0. The van der Waals surface area contributed by atoms with Gasteiger partial charge >= 0.3 is 0 Å². The molecular formula is C24H38N4O3. The number of nitrogens with one attached hydrogen (secondary N) is 2. The van der Waals surface area contributed by atoms with Crippen LogP contribution in [0.5, 0.6) is 5.75 Å². The molecule has 0 aliphatic carbocycles. The number of carbonyl (C=O) groups excluding carboxylic acids is 2. The molecular weight excluding hydrogens is 392 g/mol. The normalized spacial score (nSPS) is 21.0. The summed E-state index contributed by atoms with van der Waals surface area (Å²) in [7, 11) is 1.67. The van der Waals surface area contributed by atoms with Crippen molar-refractivity contribution in [2.24, 2.45) is 5.92 Å². The molecule has 0 bridgehead atoms. The smallest absolute Gasteiger partial charge is 0.237 e. The summed E-state index contributed by atoms with van der Waals surface area (Å²) in [5, 5.41) is 5.97. The maximum atomic E-state index is 12.6. The molecule has 0 aromatic heterocycles. The molecule has 2 aliphatic rings. The third kappa shape index (κ3) is 6.68. The third-order valence-electron chi connectivity index (χ3n) is 6.69. The largest absolute Gasteiger partial charge is 0.496 e. The molecule has 0 spiro atoms. The van der Waals surface area contributed by atoms with Crippen molar-refractivity contribution in [2.45, 2.75) is 52.1 Å². The van der Waals surface area contributed by atoms with Crippen LogP contribution in [0.25, 0.3) is 0 Å². The Morgan fingerprint density at radius 2 is 2.03 bits per heavy atom. The van der Waals surface area contributed by atoms with E-state index in [0.29, 0.717) is 25.6 Å². The molecule has 7 heteroatoms. The fraction of sp³-hybridized carbons (Fsp3) is 0.667. The molecule has 1 atom stereocenters. The van der Waals surface area contributed by atoms with E-state index in [1.807, 2.05) is 19.1 Å². The van der Waals surface area contributed by atoms with Gasteiger partial charge in [0.05, 0.1) is 19.6 Å². The first-order valence-electron chi connectivity index (χ1n) is 11.6. The number of piperazine rings is 1. The van der Waals surface area contributed by atoms with Gasteiger partial charge in [-0.1, -0.05) is 19.1 Å². The lowest BCUT2D eigenvalue weighted by atomic mass is 9.93. The molecule has 0 saturated carbocycles. The van der Waals surface area contributed by atoms with Crippen molar-refractivity contribution in [2.75, 3.05) is 46.4 Å². The topological polar surface area (TPSA) is 73.9 Å². The maximum Gasteiger partial charge on any atom is 0.237 e. The summed E-state index contributed by atoms with van der Waals surface area (Å²) >= 11 is 0. The van der Waals surface area contributed by atoms with E-state index in [-0.39, 0.29) is 18.2 Å². The minimum absolute atomic E-state index is 0.0380. The van der Waals surface area contributed by atoms with E-state index in [0.717, 1.165) is 49.5 Å². The number of benzene rings is 1. The summed E-state index contributed by atoms with van der Waals surface area (Å²) in [6.07, 6.45) is 3.65. The zero-order valence-corrected chi connectivity index (χ0v) is 19.3. The van der Waals surface area contributed by atoms with Gasteiger partial charge in [-0.2, -0.15) is 0 Å². The molecule has 31 heavy (non-hydrogen) atoms. The summed E-state index contributed by atoms with van der Waals surface area (Å²) in [6.45, 7) is 10.4. The first-order valence-corrected chi connectivity index (χ1v) is 11.6. The number of ether oxygens (including phenoxy) is 1. The van der Waals surface area contributed by atoms with E-state index in [2.05, 4.69) is 33.4 Å². The molecule has 2 saturated heterocycles. The van der Waals surface area contributed by atoms with Gasteiger partial charge in [-0.3, -0.25) is 14.5 Å². The van der Waals surface area contributed by atoms with E-state index in [9.17, 15) is 9.59 Å². The van der Waals surface area contributed by atoms with Gasteiger partial charge in [0.15, 0.2) is 0 Å². The lowest BCUT2D eigenvalue weighted by molar-refractivity contribution is -0.134. The molecule has 3 rings (SSSR count). The minimum atomic E-state index is -0.427. The Hall–Kier alpha value is -2.12. The Morgan fingerprint density at radius 1 is 1.26 bits per heavy atom. The number of amides is 2. The summed E-state index contributed by atoms with van der Waals surface area (Å²) in [5.41, 5.74) is 2.19. The lowest BCUT2D eigenvalue weighted by Gasteiger charge is -2.35. The molecule has 2 aliphatic heterocycles. The standard InChI is InChI=1S/C24H38N4O3/c1-4-27-12-8-19(9-13-27)7-10-25-23(29)16-21-24(30)26-11-14-28(21)17-20-5-6-22(31-3)18(2)15-20/h5-6,15,19,21H,4,7-14,16-17H2,1-3H3,(H,25,29)(H,26,30)/t21-/m1/s1. The fourth-order valence-electron chi connectivity index (χ4n) is 4.70. The molecule has 0 unspecified atom stereocenters. The average Bonchev–Trinajstić information content (AvgIpc) is 2.77. The van der Waals surface area contributed by atoms with Gasteiger partial charge in [-0.05, 0) is 68.9 Å². The number of likely N-dealkylation sites (tertiary alicyclic amines) is 1. The second-order valence-electron chi connectivity index (χ2n) is 8.80. The van der Waals surface area contributed by atoms with Gasteiger partial charge < -0.3 is 20.3 Å². The highest BCUT2D eigenvalue weighted by molar-refractivity contribution is 5.88. The van der Waals surface area contributed by atoms with Crippen molar-refractivity contribution in [1.82, 2.24) is 20.4 Å². The first kappa shape index (κ1) is 23.5. The average molecular weight is 431 g/mol. The lowest BCUT2D eigenvalue weighted by Crippen LogP contribution is -2.56. The van der Waals surface area contributed by atoms with Gasteiger partial charge in [-0.15, -0.1) is 0 Å². The highest BCUT2D eigenvalue weighted by Gasteiger charge is 2.31. The van der Waals surface area contributed by atoms with Crippen LogP contribution in [0.15, 0.2) is 18.2 Å². The Labute approximate surface area is 186 Å². The van der Waals surface area contributed by atoms with Gasteiger partial charge in [-0.25, -0.2) is 0 Å². The quantitative estimate of drug-likeness (QED) is 0.626. The Morgan fingerprint density at radius 3 is 2.71 bits per heavy atom. The van der Waals surface area contributed by atoms with Crippen LogP contribution in [0.2, 0.25) is 0 Å². The fourth-order valence-corrected chi connectivity index (χ4v) is 4.70. The van der Waals surface area contributed by atoms with Crippen molar-refractivity contribution >= 4 is 11.8 Å². The van der Waals surface area contributed by atoms with E-state index in [1.54, 1.807) is 7.11 Å². The SMILES string of the molecule is CCN1CCC(CCNC(=O)C[C@@H]2C(=O)NCCN2Cc2ccc(OC)c(C)c2)CC1. The van der Waals surface area contributed by atoms with Gasteiger partial charge in [0.1, 0.15) is 5.75 Å². The van der Waals surface area contributed by atoms with Gasteiger partial charge in [0, 0.05) is 26.2 Å². The van der Waals surface area contributed by atoms with E-state index >= 15 is 0 Å². The van der Waals surface area contributed by atoms with Crippen LogP contribution in [0.4, 0.5) is 0 Å². The number of carbonyl (C=O) groups is 2. The van der Waals surface area contributed by atoms with Crippen molar-refractivity contribution < 1.29 is 14.3 Å². The zero-order chi connectivity index (χ0) is 22.2. The molecule has 2 heterocycles. The second-order valence-corrected chi connectivity index (χ2v) is 8.80. The van der Waals surface area contributed by atoms with E-state index in [1.165, 1.54) is 12.8 Å². The van der Waals surface area contributed by atoms with Crippen LogP contribution in [0.1, 0.15) is 43.7 Å². The van der Waals surface area contributed by atoms with Crippen molar-refractivity contribution in [3.63, 3.8) is 0 Å². The number of rotatable bonds is 9. The van der Waals surface area contributed by atoms with Crippen LogP contribution in [0.3, 0.4) is 0 Å². The molecule has 2 amide bonds. The molecule has 7 nitrogen and oxygen atoms in total. The summed E-state index contributed by atoms with van der Waals surface area (Å²) in [6, 6.07) is 5.65. The predicted octanol–water partition coefficient (Wildman–Crippen LogP) is 1.93. The summed E-state index contributed by atoms with van der Waals surface area (Å²) in [5.74, 6) is 1.45. The zero-order valence-electron chi connectivity index (χ0n) is 19.3. The molecule has 2 fully saturated rings. The predicted molar refractivity (Wildman–Crippen MR) is 122 cm³/mol.